The molecule has 3 N–H and O–H groups in total. The molecule has 0 saturated carbocycles. The number of carboxylic acids is 1. The van der Waals surface area contributed by atoms with Crippen LogP contribution in [0, 0.1) is 0 Å². The van der Waals surface area contributed by atoms with Gasteiger partial charge in [0.2, 0.25) is 12.7 Å². The topological polar surface area (TPSA) is 119 Å². The fourth-order valence-corrected chi connectivity index (χ4v) is 0.815. The van der Waals surface area contributed by atoms with Crippen molar-refractivity contribution in [1.82, 2.24) is 5.59 Å². The molecule has 0 aromatic carbocycles. The van der Waals surface area contributed by atoms with Crippen LogP contribution >= 0.6 is 0 Å². The first kappa shape index (κ1) is 9.29. The molecule has 1 unspecified atom stereocenters. The van der Waals surface area contributed by atoms with E-state index < -0.39 is 29.1 Å². The summed E-state index contributed by atoms with van der Waals surface area (Å²) in [5, 5.41) is 27.6. The normalized spacial score (nSPS) is 26.3. The van der Waals surface area contributed by atoms with Gasteiger partial charge in [0.05, 0.1) is 0 Å². The van der Waals surface area contributed by atoms with Gasteiger partial charge in [-0.1, -0.05) is 0 Å². The van der Waals surface area contributed by atoms with Crippen molar-refractivity contribution in [2.75, 3.05) is 6.54 Å². The molecule has 0 radical (unpaired) electrons. The van der Waals surface area contributed by atoms with Crippen molar-refractivity contribution in [3.63, 3.8) is 0 Å². The maximum Gasteiger partial charge on any atom is 0.362 e. The maximum atomic E-state index is 10.5. The zero-order chi connectivity index (χ0) is 10.1. The van der Waals surface area contributed by atoms with Crippen LogP contribution in [-0.2, 0) is 9.63 Å². The van der Waals surface area contributed by atoms with Crippen molar-refractivity contribution in [1.29, 1.82) is 0 Å². The van der Waals surface area contributed by atoms with Gasteiger partial charge in [0.15, 0.2) is 0 Å². The summed E-state index contributed by atoms with van der Waals surface area (Å²) in [5.41, 5.74) is 1.80. The van der Waals surface area contributed by atoms with Crippen molar-refractivity contribution in [2.24, 2.45) is 0 Å². The maximum absolute atomic E-state index is 10.5. The highest BCUT2D eigenvalue weighted by atomic mass is 16.8. The molecule has 13 heavy (non-hydrogen) atoms. The Morgan fingerprint density at radius 2 is 2.31 bits per heavy atom. The number of carboxylic acid groups (broad SMARTS) is 2. The van der Waals surface area contributed by atoms with Crippen LogP contribution in [0.15, 0.2) is 12.1 Å². The SMILES string of the molecule is O=C(O)C[N+]1(C(=O)[O-])C=C(O)ON1. The Labute approximate surface area is 71.8 Å². The Hall–Kier alpha value is -1.80. The van der Waals surface area contributed by atoms with Gasteiger partial charge >= 0.3 is 11.9 Å². The molecule has 1 aliphatic rings. The molecule has 1 atom stereocenters. The Bertz CT molecular complexity index is 287. The number of aliphatic hydroxyl groups excluding tert-OH is 1. The van der Waals surface area contributed by atoms with Crippen LogP contribution in [0.25, 0.3) is 0 Å². The number of aliphatic hydroxyl groups is 1. The second kappa shape index (κ2) is 2.92. The van der Waals surface area contributed by atoms with E-state index >= 15 is 0 Å². The molecular formula is C5H6N2O6. The first-order chi connectivity index (χ1) is 5.96. The highest BCUT2D eigenvalue weighted by Gasteiger charge is 2.39. The standard InChI is InChI=1S/C5H6N2O6/c8-3(9)1-7(5(11)12)2-4(10)13-6-7/h2,6H,1H2,(H2-,8,9,10,11,12). The molecule has 1 aliphatic heterocycles. The number of nitrogens with zero attached hydrogens (tertiary/aromatic N) is 1. The third-order valence-electron chi connectivity index (χ3n) is 1.35. The number of rotatable bonds is 2. The Balaban J connectivity index is 2.90. The van der Waals surface area contributed by atoms with E-state index in [9.17, 15) is 14.7 Å². The number of hydrogen-bond acceptors (Lipinski definition) is 6. The van der Waals surface area contributed by atoms with Crippen LogP contribution in [-0.4, -0.2) is 33.4 Å². The molecule has 72 valence electrons. The lowest BCUT2D eigenvalue weighted by atomic mass is 10.5. The van der Waals surface area contributed by atoms with Gasteiger partial charge < -0.3 is 25.0 Å². The molecule has 0 spiro atoms. The van der Waals surface area contributed by atoms with Crippen molar-refractivity contribution in [2.45, 2.75) is 0 Å². The van der Waals surface area contributed by atoms with Crippen LogP contribution in [0.4, 0.5) is 4.79 Å². The van der Waals surface area contributed by atoms with Gasteiger partial charge in [0, 0.05) is 5.59 Å². The Kier molecular flexibility index (Phi) is 2.09. The molecule has 0 aromatic rings. The van der Waals surface area contributed by atoms with Gasteiger partial charge in [-0.05, 0) is 0 Å². The summed E-state index contributed by atoms with van der Waals surface area (Å²) >= 11 is 0. The number of aliphatic carboxylic acids is 1. The zero-order valence-corrected chi connectivity index (χ0v) is 6.26. The number of nitrogens with one attached hydrogen (secondary N) is 1. The minimum absolute atomic E-state index is 0.670. The van der Waals surface area contributed by atoms with E-state index in [0.29, 0.717) is 6.20 Å². The summed E-state index contributed by atoms with van der Waals surface area (Å²) in [6.07, 6.45) is -1.07. The lowest BCUT2D eigenvalue weighted by Gasteiger charge is -2.24. The first-order valence-electron chi connectivity index (χ1n) is 3.13. The quantitative estimate of drug-likeness (QED) is 0.432. The average molecular weight is 190 g/mol. The minimum atomic E-state index is -1.74. The van der Waals surface area contributed by atoms with E-state index in [1.165, 1.54) is 0 Å². The van der Waals surface area contributed by atoms with E-state index in [2.05, 4.69) is 4.84 Å². The average Bonchev–Trinajstić information content (AvgIpc) is 2.31. The summed E-state index contributed by atoms with van der Waals surface area (Å²) < 4.78 is -1.30. The summed E-state index contributed by atoms with van der Waals surface area (Å²) in [5.74, 6) is -2.10. The van der Waals surface area contributed by atoms with Crippen LogP contribution in [0.2, 0.25) is 0 Å². The predicted molar refractivity (Wildman–Crippen MR) is 33.1 cm³/mol. The molecule has 8 nitrogen and oxygen atoms in total. The van der Waals surface area contributed by atoms with Crippen molar-refractivity contribution in [3.05, 3.63) is 12.1 Å². The van der Waals surface area contributed by atoms with E-state index in [0.717, 1.165) is 0 Å². The van der Waals surface area contributed by atoms with Crippen molar-refractivity contribution < 1.29 is 34.3 Å². The molecule has 0 bridgehead atoms. The van der Waals surface area contributed by atoms with Crippen molar-refractivity contribution in [3.8, 4) is 0 Å². The largest absolute Gasteiger partial charge is 0.496 e. The molecule has 0 saturated heterocycles. The molecule has 1 amide bonds. The predicted octanol–water partition coefficient (Wildman–Crippen LogP) is -1.96. The second-order valence-corrected chi connectivity index (χ2v) is 2.35. The highest BCUT2D eigenvalue weighted by molar-refractivity contribution is 5.70. The molecule has 1 heterocycles. The lowest BCUT2D eigenvalue weighted by Crippen LogP contribution is -2.62. The van der Waals surface area contributed by atoms with Crippen LogP contribution in [0.5, 0.6) is 0 Å². The van der Waals surface area contributed by atoms with E-state index in [1.807, 2.05) is 0 Å². The molecule has 8 heteroatoms. The Morgan fingerprint density at radius 1 is 1.69 bits per heavy atom. The third-order valence-corrected chi connectivity index (χ3v) is 1.35. The number of carbonyl (C=O) groups excluding carboxylic acids is 1. The van der Waals surface area contributed by atoms with Crippen LogP contribution < -0.4 is 10.7 Å². The molecular weight excluding hydrogens is 184 g/mol. The van der Waals surface area contributed by atoms with Gasteiger partial charge in [-0.15, -0.1) is 4.59 Å². The molecule has 0 aromatic heterocycles. The molecule has 0 fully saturated rings. The smallest absolute Gasteiger partial charge is 0.362 e. The minimum Gasteiger partial charge on any atom is -0.496 e. The number of amides is 1. The van der Waals surface area contributed by atoms with Crippen LogP contribution in [0.1, 0.15) is 0 Å². The lowest BCUT2D eigenvalue weighted by molar-refractivity contribution is -0.881. The van der Waals surface area contributed by atoms with Crippen molar-refractivity contribution >= 4 is 12.1 Å². The summed E-state index contributed by atoms with van der Waals surface area (Å²) in [7, 11) is 0. The number of hydrogen-bond donors (Lipinski definition) is 3. The summed E-state index contributed by atoms with van der Waals surface area (Å²) in [6, 6.07) is 0. The summed E-state index contributed by atoms with van der Waals surface area (Å²) in [6.45, 7) is -0.841. The van der Waals surface area contributed by atoms with Gasteiger partial charge in [-0.3, -0.25) is 0 Å². The molecule has 1 rings (SSSR count). The Morgan fingerprint density at radius 3 is 2.62 bits per heavy atom. The summed E-state index contributed by atoms with van der Waals surface area (Å²) in [4.78, 5) is 24.9. The van der Waals surface area contributed by atoms with E-state index in [-0.39, 0.29) is 0 Å². The van der Waals surface area contributed by atoms with Gasteiger partial charge in [-0.2, -0.15) is 0 Å². The highest BCUT2D eigenvalue weighted by Crippen LogP contribution is 2.13. The van der Waals surface area contributed by atoms with E-state index in [4.69, 9.17) is 10.2 Å². The number of quaternary nitrogens is 1. The van der Waals surface area contributed by atoms with Gasteiger partial charge in [0.1, 0.15) is 0 Å². The first-order valence-corrected chi connectivity index (χ1v) is 3.13. The monoisotopic (exact) mass is 190 g/mol. The third kappa shape index (κ3) is 1.68. The van der Waals surface area contributed by atoms with Gasteiger partial charge in [-0.25, -0.2) is 4.79 Å². The van der Waals surface area contributed by atoms with Crippen LogP contribution in [0.3, 0.4) is 0 Å². The fourth-order valence-electron chi connectivity index (χ4n) is 0.815. The number of carbonyl (C=O) groups is 2. The fraction of sp³-hybridized carbons (Fsp3) is 0.200. The molecule has 0 aliphatic carbocycles. The zero-order valence-electron chi connectivity index (χ0n) is 6.26. The second-order valence-electron chi connectivity index (χ2n) is 2.35. The van der Waals surface area contributed by atoms with Gasteiger partial charge in [0.25, 0.3) is 6.09 Å². The van der Waals surface area contributed by atoms with E-state index in [1.54, 1.807) is 5.59 Å².